The van der Waals surface area contributed by atoms with Crippen molar-refractivity contribution >= 4 is 21.4 Å². The predicted octanol–water partition coefficient (Wildman–Crippen LogP) is 2.97. The first-order valence-corrected chi connectivity index (χ1v) is 10.9. The summed E-state index contributed by atoms with van der Waals surface area (Å²) in [6.07, 6.45) is 1.59. The molecular weight excluding hydrogens is 394 g/mol. The molecule has 2 N–H and O–H groups in total. The van der Waals surface area contributed by atoms with Crippen molar-refractivity contribution in [1.29, 1.82) is 0 Å². The Kier molecular flexibility index (Phi) is 6.21. The smallest absolute Gasteiger partial charge is 0.293 e. The van der Waals surface area contributed by atoms with Gasteiger partial charge < -0.3 is 10.1 Å². The van der Waals surface area contributed by atoms with Crippen LogP contribution >= 0.6 is 0 Å². The first kappa shape index (κ1) is 21.2. The van der Waals surface area contributed by atoms with Gasteiger partial charge in [-0.25, -0.2) is 13.1 Å². The van der Waals surface area contributed by atoms with Crippen LogP contribution in [0.2, 0.25) is 0 Å². The summed E-state index contributed by atoms with van der Waals surface area (Å²) in [6.45, 7) is 3.79. The molecule has 0 amide bonds. The van der Waals surface area contributed by atoms with Crippen molar-refractivity contribution in [1.82, 2.24) is 4.72 Å². The van der Waals surface area contributed by atoms with Gasteiger partial charge in [-0.15, -0.1) is 0 Å². The normalized spacial score (nSPS) is 16.3. The lowest BCUT2D eigenvalue weighted by atomic mass is 9.72. The van der Waals surface area contributed by atoms with Crippen molar-refractivity contribution in [2.75, 3.05) is 32.1 Å². The number of nitrogens with one attached hydrogen (secondary N) is 2. The molecule has 0 unspecified atom stereocenters. The van der Waals surface area contributed by atoms with E-state index >= 15 is 0 Å². The zero-order chi connectivity index (χ0) is 21.1. The second kappa shape index (κ2) is 8.48. The van der Waals surface area contributed by atoms with E-state index in [2.05, 4.69) is 29.1 Å². The second-order valence-corrected chi connectivity index (χ2v) is 9.09. The molecular formula is C20H25N3O5S. The van der Waals surface area contributed by atoms with Crippen LogP contribution < -0.4 is 10.0 Å². The Labute approximate surface area is 170 Å². The van der Waals surface area contributed by atoms with Crippen LogP contribution in [0.5, 0.6) is 0 Å². The molecule has 8 nitrogen and oxygen atoms in total. The minimum absolute atomic E-state index is 0.142. The number of hydrogen-bond donors (Lipinski definition) is 2. The first-order chi connectivity index (χ1) is 13.8. The molecule has 1 fully saturated rings. The van der Waals surface area contributed by atoms with Gasteiger partial charge in [-0.1, -0.05) is 24.3 Å². The van der Waals surface area contributed by atoms with Crippen molar-refractivity contribution in [3.8, 4) is 0 Å². The van der Waals surface area contributed by atoms with E-state index in [1.807, 2.05) is 12.1 Å². The number of sulfonamides is 1. The largest absolute Gasteiger partial charge is 0.381 e. The second-order valence-electron chi connectivity index (χ2n) is 7.20. The summed E-state index contributed by atoms with van der Waals surface area (Å²) < 4.78 is 31.7. The fourth-order valence-electron chi connectivity index (χ4n) is 3.83. The minimum atomic E-state index is -3.77. The third kappa shape index (κ3) is 4.42. The summed E-state index contributed by atoms with van der Waals surface area (Å²) >= 11 is 0. The molecule has 0 saturated carbocycles. The number of nitrogens with zero attached hydrogens (tertiary/aromatic N) is 1. The van der Waals surface area contributed by atoms with Crippen LogP contribution in [-0.2, 0) is 20.2 Å². The highest BCUT2D eigenvalue weighted by Gasteiger charge is 2.36. The van der Waals surface area contributed by atoms with E-state index in [0.29, 0.717) is 25.4 Å². The van der Waals surface area contributed by atoms with Crippen LogP contribution in [0.25, 0.3) is 0 Å². The molecule has 9 heteroatoms. The summed E-state index contributed by atoms with van der Waals surface area (Å²) in [4.78, 5) is 10.9. The van der Waals surface area contributed by atoms with Crippen molar-refractivity contribution in [2.45, 2.75) is 30.1 Å². The quantitative estimate of drug-likeness (QED) is 0.527. The fraction of sp³-hybridized carbons (Fsp3) is 0.400. The summed E-state index contributed by atoms with van der Waals surface area (Å²) in [7, 11) is -2.50. The Morgan fingerprint density at radius 1 is 1.17 bits per heavy atom. The van der Waals surface area contributed by atoms with Gasteiger partial charge in [0.15, 0.2) is 0 Å². The van der Waals surface area contributed by atoms with Gasteiger partial charge in [0.25, 0.3) is 5.69 Å². The van der Waals surface area contributed by atoms with E-state index in [1.165, 1.54) is 30.3 Å². The van der Waals surface area contributed by atoms with Crippen molar-refractivity contribution in [3.05, 3.63) is 63.7 Å². The number of aryl methyl sites for hydroxylation is 1. The molecule has 0 bridgehead atoms. The van der Waals surface area contributed by atoms with Gasteiger partial charge in [0.1, 0.15) is 5.69 Å². The summed E-state index contributed by atoms with van der Waals surface area (Å²) in [5.41, 5.74) is 2.18. The van der Waals surface area contributed by atoms with Gasteiger partial charge in [-0.3, -0.25) is 10.1 Å². The van der Waals surface area contributed by atoms with Gasteiger partial charge in [-0.2, -0.15) is 0 Å². The highest BCUT2D eigenvalue weighted by molar-refractivity contribution is 7.89. The molecule has 156 valence electrons. The van der Waals surface area contributed by atoms with E-state index in [4.69, 9.17) is 4.74 Å². The number of nitro benzene ring substituents is 1. The highest BCUT2D eigenvalue weighted by Crippen LogP contribution is 2.38. The van der Waals surface area contributed by atoms with Gasteiger partial charge in [-0.05, 0) is 50.1 Å². The Bertz CT molecular complexity index is 1000. The number of rotatable bonds is 7. The van der Waals surface area contributed by atoms with Gasteiger partial charge in [0.05, 0.1) is 9.82 Å². The molecule has 1 aliphatic rings. The number of hydrogen-bond acceptors (Lipinski definition) is 6. The molecule has 3 rings (SSSR count). The average molecular weight is 420 g/mol. The topological polar surface area (TPSA) is 111 Å². The third-order valence-electron chi connectivity index (χ3n) is 5.53. The highest BCUT2D eigenvalue weighted by atomic mass is 32.2. The first-order valence-electron chi connectivity index (χ1n) is 9.39. The zero-order valence-corrected chi connectivity index (χ0v) is 17.3. The van der Waals surface area contributed by atoms with E-state index in [1.54, 1.807) is 0 Å². The molecule has 0 radical (unpaired) electrons. The van der Waals surface area contributed by atoms with Gasteiger partial charge in [0.2, 0.25) is 10.0 Å². The monoisotopic (exact) mass is 419 g/mol. The molecule has 2 aromatic rings. The Morgan fingerprint density at radius 3 is 2.48 bits per heavy atom. The minimum Gasteiger partial charge on any atom is -0.381 e. The molecule has 0 aromatic heterocycles. The summed E-state index contributed by atoms with van der Waals surface area (Å²) in [5.74, 6) is 0. The van der Waals surface area contributed by atoms with E-state index in [0.717, 1.165) is 18.9 Å². The molecule has 1 saturated heterocycles. The van der Waals surface area contributed by atoms with Crippen LogP contribution in [0.3, 0.4) is 0 Å². The van der Waals surface area contributed by atoms with Gasteiger partial charge >= 0.3 is 0 Å². The standard InChI is InChI=1S/C20H25N3O5S/c1-15-5-3-4-6-17(15)20(9-11-28-12-10-20)14-22-18-8-7-16(29(26,27)21-2)13-19(18)23(24)25/h3-8,13,21-22H,9-12,14H2,1-2H3. The zero-order valence-electron chi connectivity index (χ0n) is 16.5. The van der Waals surface area contributed by atoms with Crippen molar-refractivity contribution in [3.63, 3.8) is 0 Å². The molecule has 29 heavy (non-hydrogen) atoms. The number of nitro groups is 1. The maximum Gasteiger partial charge on any atom is 0.293 e. The SMILES string of the molecule is CNS(=O)(=O)c1ccc(NCC2(c3ccccc3C)CCOCC2)c([N+](=O)[O-])c1. The summed E-state index contributed by atoms with van der Waals surface area (Å²) in [5, 5.41) is 14.8. The van der Waals surface area contributed by atoms with Crippen molar-refractivity contribution in [2.24, 2.45) is 0 Å². The van der Waals surface area contributed by atoms with Gasteiger partial charge in [0, 0.05) is 31.2 Å². The Morgan fingerprint density at radius 2 is 1.86 bits per heavy atom. The van der Waals surface area contributed by atoms with Crippen LogP contribution in [0.4, 0.5) is 11.4 Å². The Hall–Kier alpha value is -2.49. The van der Waals surface area contributed by atoms with Crippen LogP contribution in [0, 0.1) is 17.0 Å². The lowest BCUT2D eigenvalue weighted by Crippen LogP contribution is -2.40. The van der Waals surface area contributed by atoms with Crippen LogP contribution in [0.15, 0.2) is 47.4 Å². The maximum atomic E-state index is 12.0. The number of benzene rings is 2. The molecule has 0 spiro atoms. The molecule has 1 heterocycles. The number of ether oxygens (including phenoxy) is 1. The van der Waals surface area contributed by atoms with Crippen molar-refractivity contribution < 1.29 is 18.1 Å². The molecule has 2 aromatic carbocycles. The lowest BCUT2D eigenvalue weighted by Gasteiger charge is -2.39. The van der Waals surface area contributed by atoms with E-state index in [9.17, 15) is 18.5 Å². The van der Waals surface area contributed by atoms with Crippen LogP contribution in [0.1, 0.15) is 24.0 Å². The van der Waals surface area contributed by atoms with E-state index in [-0.39, 0.29) is 16.0 Å². The Balaban J connectivity index is 1.94. The molecule has 0 aliphatic carbocycles. The lowest BCUT2D eigenvalue weighted by molar-refractivity contribution is -0.384. The third-order valence-corrected chi connectivity index (χ3v) is 6.94. The fourth-order valence-corrected chi connectivity index (χ4v) is 4.58. The molecule has 1 aliphatic heterocycles. The predicted molar refractivity (Wildman–Crippen MR) is 111 cm³/mol. The van der Waals surface area contributed by atoms with Crippen LogP contribution in [-0.4, -0.2) is 40.1 Å². The number of anilines is 1. The average Bonchev–Trinajstić information content (AvgIpc) is 2.73. The molecule has 0 atom stereocenters. The van der Waals surface area contributed by atoms with E-state index < -0.39 is 14.9 Å². The summed E-state index contributed by atoms with van der Waals surface area (Å²) in [6, 6.07) is 12.0. The maximum absolute atomic E-state index is 12.0.